The maximum absolute atomic E-state index is 12.4. The molecule has 0 rings (SSSR count). The third kappa shape index (κ3) is 49.7. The van der Waals surface area contributed by atoms with Gasteiger partial charge < -0.3 is 15.5 Å². The van der Waals surface area contributed by atoms with Gasteiger partial charge in [0.1, 0.15) is 0 Å². The minimum absolute atomic E-state index is 0.0618. The van der Waals surface area contributed by atoms with Crippen LogP contribution in [0.5, 0.6) is 0 Å². The molecule has 0 radical (unpaired) electrons. The van der Waals surface area contributed by atoms with Crippen molar-refractivity contribution in [2.45, 2.75) is 328 Å². The van der Waals surface area contributed by atoms with Gasteiger partial charge in [-0.25, -0.2) is 0 Å². The average molecular weight is 859 g/mol. The first-order chi connectivity index (χ1) is 30.2. The van der Waals surface area contributed by atoms with Crippen LogP contribution in [-0.4, -0.2) is 34.9 Å². The highest BCUT2D eigenvalue weighted by atomic mass is 16.3. The molecule has 2 atom stereocenters. The summed E-state index contributed by atoms with van der Waals surface area (Å²) in [5, 5.41) is 23.2. The zero-order valence-electron chi connectivity index (χ0n) is 41.7. The summed E-state index contributed by atoms with van der Waals surface area (Å²) in [6.45, 7) is 4.34. The Morgan fingerprint density at radius 2 is 0.623 bits per heavy atom. The van der Waals surface area contributed by atoms with Gasteiger partial charge in [0, 0.05) is 6.42 Å². The van der Waals surface area contributed by atoms with Crippen molar-refractivity contribution in [1.82, 2.24) is 5.32 Å². The number of carbonyl (C=O) groups excluding carboxylic acids is 1. The Morgan fingerprint density at radius 1 is 0.377 bits per heavy atom. The topological polar surface area (TPSA) is 69.6 Å². The van der Waals surface area contributed by atoms with Crippen molar-refractivity contribution in [3.63, 3.8) is 0 Å². The van der Waals surface area contributed by atoms with Crippen molar-refractivity contribution in [2.75, 3.05) is 6.61 Å². The van der Waals surface area contributed by atoms with Gasteiger partial charge in [0.2, 0.25) is 5.91 Å². The van der Waals surface area contributed by atoms with Gasteiger partial charge >= 0.3 is 0 Å². The molecule has 4 heteroatoms. The number of amides is 1. The van der Waals surface area contributed by atoms with Gasteiger partial charge in [-0.1, -0.05) is 289 Å². The Bertz CT molecular complexity index is 886. The van der Waals surface area contributed by atoms with Crippen molar-refractivity contribution >= 4 is 5.91 Å². The molecule has 0 aliphatic carbocycles. The Hall–Kier alpha value is -1.13. The second kappa shape index (κ2) is 53.2. The molecule has 1 amide bonds. The van der Waals surface area contributed by atoms with E-state index in [9.17, 15) is 15.0 Å². The highest BCUT2D eigenvalue weighted by Crippen LogP contribution is 2.17. The normalized spacial score (nSPS) is 12.9. The van der Waals surface area contributed by atoms with Gasteiger partial charge in [-0.2, -0.15) is 0 Å². The van der Waals surface area contributed by atoms with E-state index in [-0.39, 0.29) is 12.5 Å². The lowest BCUT2D eigenvalue weighted by atomic mass is 10.0. The molecule has 3 N–H and O–H groups in total. The van der Waals surface area contributed by atoms with Crippen LogP contribution in [0.2, 0.25) is 0 Å². The summed E-state index contributed by atoms with van der Waals surface area (Å²) in [4.78, 5) is 12.4. The third-order valence-electron chi connectivity index (χ3n) is 13.2. The lowest BCUT2D eigenvalue weighted by molar-refractivity contribution is -0.123. The Kier molecular flexibility index (Phi) is 52.2. The molecule has 0 aromatic heterocycles. The fraction of sp³-hybridized carbons (Fsp3) is 0.912. The van der Waals surface area contributed by atoms with Crippen LogP contribution < -0.4 is 5.32 Å². The number of hydrogen-bond acceptors (Lipinski definition) is 3. The zero-order valence-corrected chi connectivity index (χ0v) is 41.7. The van der Waals surface area contributed by atoms with Crippen LogP contribution >= 0.6 is 0 Å². The summed E-state index contributed by atoms with van der Waals surface area (Å²) >= 11 is 0. The van der Waals surface area contributed by atoms with E-state index in [1.54, 1.807) is 6.08 Å². The first kappa shape index (κ1) is 59.9. The molecular weight excluding hydrogens is 747 g/mol. The molecule has 0 saturated carbocycles. The number of unbranched alkanes of at least 4 members (excludes halogenated alkanes) is 43. The molecule has 61 heavy (non-hydrogen) atoms. The summed E-state index contributed by atoms with van der Waals surface area (Å²) in [5.41, 5.74) is 0. The van der Waals surface area contributed by atoms with Crippen LogP contribution in [0.4, 0.5) is 0 Å². The number of aliphatic hydroxyl groups is 2. The molecular formula is C57H111NO3. The van der Waals surface area contributed by atoms with Crippen molar-refractivity contribution in [3.05, 3.63) is 24.3 Å². The minimum atomic E-state index is -0.839. The molecule has 2 unspecified atom stereocenters. The summed E-state index contributed by atoms with van der Waals surface area (Å²) in [5.74, 6) is -0.0618. The second-order valence-electron chi connectivity index (χ2n) is 19.4. The van der Waals surface area contributed by atoms with Crippen LogP contribution in [0, 0.1) is 0 Å². The molecule has 0 bridgehead atoms. The summed E-state index contributed by atoms with van der Waals surface area (Å²) in [7, 11) is 0. The monoisotopic (exact) mass is 858 g/mol. The van der Waals surface area contributed by atoms with E-state index in [0.717, 1.165) is 25.7 Å². The van der Waals surface area contributed by atoms with Gasteiger partial charge in [0.25, 0.3) is 0 Å². The molecule has 0 aromatic rings. The fourth-order valence-corrected chi connectivity index (χ4v) is 8.88. The smallest absolute Gasteiger partial charge is 0.220 e. The zero-order chi connectivity index (χ0) is 44.2. The van der Waals surface area contributed by atoms with E-state index < -0.39 is 12.1 Å². The van der Waals surface area contributed by atoms with Crippen LogP contribution in [0.1, 0.15) is 316 Å². The molecule has 0 heterocycles. The van der Waals surface area contributed by atoms with E-state index in [4.69, 9.17) is 0 Å². The average Bonchev–Trinajstić information content (AvgIpc) is 3.26. The van der Waals surface area contributed by atoms with Crippen LogP contribution in [0.15, 0.2) is 24.3 Å². The maximum atomic E-state index is 12.4. The quantitative estimate of drug-likeness (QED) is 0.0422. The molecule has 0 spiro atoms. The van der Waals surface area contributed by atoms with Gasteiger partial charge in [-0.05, 0) is 44.9 Å². The lowest BCUT2D eigenvalue weighted by Gasteiger charge is -2.20. The van der Waals surface area contributed by atoms with E-state index in [2.05, 4.69) is 31.3 Å². The van der Waals surface area contributed by atoms with Crippen molar-refractivity contribution in [1.29, 1.82) is 0 Å². The number of rotatable bonds is 52. The highest BCUT2D eigenvalue weighted by Gasteiger charge is 2.18. The van der Waals surface area contributed by atoms with Gasteiger partial charge in [0.05, 0.1) is 18.8 Å². The lowest BCUT2D eigenvalue weighted by Crippen LogP contribution is -2.45. The minimum Gasteiger partial charge on any atom is -0.394 e. The van der Waals surface area contributed by atoms with Gasteiger partial charge in [0.15, 0.2) is 0 Å². The van der Waals surface area contributed by atoms with Crippen molar-refractivity contribution in [3.8, 4) is 0 Å². The molecule has 362 valence electrons. The molecule has 0 fully saturated rings. The molecule has 0 aliphatic heterocycles. The predicted octanol–water partition coefficient (Wildman–Crippen LogP) is 18.3. The van der Waals surface area contributed by atoms with E-state index in [0.29, 0.717) is 6.42 Å². The number of hydrogen-bond donors (Lipinski definition) is 3. The van der Waals surface area contributed by atoms with Gasteiger partial charge in [-0.3, -0.25) is 4.79 Å². The highest BCUT2D eigenvalue weighted by molar-refractivity contribution is 5.76. The van der Waals surface area contributed by atoms with E-state index in [1.807, 2.05) is 6.08 Å². The standard InChI is InChI=1S/C57H111NO3/c1-3-5-7-9-11-13-15-17-19-21-23-24-25-26-27-28-29-30-31-32-33-35-36-38-40-42-44-46-48-50-52-56(60)55(54-59)58-57(61)53-51-49-47-45-43-41-39-37-34-22-20-18-16-14-12-10-8-6-4-2/h18,20,50,52,55-56,59-60H,3-17,19,21-49,51,53-54H2,1-2H3,(H,58,61)/b20-18-,52-50+. The molecule has 4 nitrogen and oxygen atoms in total. The summed E-state index contributed by atoms with van der Waals surface area (Å²) < 4.78 is 0. The Balaban J connectivity index is 3.45. The van der Waals surface area contributed by atoms with Crippen LogP contribution in [0.25, 0.3) is 0 Å². The molecule has 0 saturated heterocycles. The number of aliphatic hydroxyl groups excluding tert-OH is 2. The molecule has 0 aromatic carbocycles. The fourth-order valence-electron chi connectivity index (χ4n) is 8.88. The Labute approximate surface area is 383 Å². The number of nitrogens with one attached hydrogen (secondary N) is 1. The van der Waals surface area contributed by atoms with Crippen molar-refractivity contribution < 1.29 is 15.0 Å². The summed E-state index contributed by atoms with van der Waals surface area (Å²) in [6, 6.07) is -0.622. The summed E-state index contributed by atoms with van der Waals surface area (Å²) in [6.07, 6.45) is 70.6. The first-order valence-corrected chi connectivity index (χ1v) is 28.1. The number of carbonyl (C=O) groups is 1. The number of allylic oxidation sites excluding steroid dienone is 3. The second-order valence-corrected chi connectivity index (χ2v) is 19.4. The van der Waals surface area contributed by atoms with Gasteiger partial charge in [-0.15, -0.1) is 0 Å². The Morgan fingerprint density at radius 3 is 0.902 bits per heavy atom. The third-order valence-corrected chi connectivity index (χ3v) is 13.2. The largest absolute Gasteiger partial charge is 0.394 e. The first-order valence-electron chi connectivity index (χ1n) is 28.1. The SMILES string of the molecule is CCCCCCCC/C=C\CCCCCCCCCCCC(=O)NC(CO)C(O)/C=C/CCCCCCCCCCCCCCCCCCCCCCCCCCCCCC. The van der Waals surface area contributed by atoms with E-state index >= 15 is 0 Å². The van der Waals surface area contributed by atoms with Crippen LogP contribution in [0.3, 0.4) is 0 Å². The van der Waals surface area contributed by atoms with Crippen LogP contribution in [-0.2, 0) is 4.79 Å². The van der Waals surface area contributed by atoms with Crippen molar-refractivity contribution in [2.24, 2.45) is 0 Å². The molecule has 0 aliphatic rings. The maximum Gasteiger partial charge on any atom is 0.220 e. The predicted molar refractivity (Wildman–Crippen MR) is 272 cm³/mol. The van der Waals surface area contributed by atoms with E-state index in [1.165, 1.54) is 270 Å².